The van der Waals surface area contributed by atoms with Crippen LogP contribution in [0.4, 0.5) is 20.7 Å². The molecule has 0 aliphatic carbocycles. The van der Waals surface area contributed by atoms with Gasteiger partial charge in [0.15, 0.2) is 11.5 Å². The van der Waals surface area contributed by atoms with Crippen LogP contribution in [0.3, 0.4) is 0 Å². The van der Waals surface area contributed by atoms with Gasteiger partial charge in [-0.1, -0.05) is 30.3 Å². The summed E-state index contributed by atoms with van der Waals surface area (Å²) in [7, 11) is 0. The second-order valence-corrected chi connectivity index (χ2v) is 14.5. The molecule has 2 saturated heterocycles. The van der Waals surface area contributed by atoms with Crippen molar-refractivity contribution in [3.63, 3.8) is 0 Å². The number of nitrogens with zero attached hydrogens (tertiary/aromatic N) is 6. The third kappa shape index (κ3) is 10.2. The second kappa shape index (κ2) is 17.2. The Morgan fingerprint density at radius 2 is 1.67 bits per heavy atom. The molecule has 0 radical (unpaired) electrons. The number of benzene rings is 2. The summed E-state index contributed by atoms with van der Waals surface area (Å²) < 4.78 is 32.7. The van der Waals surface area contributed by atoms with E-state index in [4.69, 9.17) is 19.9 Å². The lowest BCUT2D eigenvalue weighted by molar-refractivity contribution is -0.125. The minimum absolute atomic E-state index is 0.139. The highest BCUT2D eigenvalue weighted by Crippen LogP contribution is 2.27. The molecule has 2 aromatic carbocycles. The highest BCUT2D eigenvalue weighted by molar-refractivity contribution is 5.99. The number of carbonyl (C=O) groups is 3. The molecule has 15 heteroatoms. The van der Waals surface area contributed by atoms with Crippen LogP contribution in [0.1, 0.15) is 74.7 Å². The first-order valence-electron chi connectivity index (χ1n) is 18.2. The minimum Gasteiger partial charge on any atom is -0.444 e. The third-order valence-corrected chi connectivity index (χ3v) is 9.35. The van der Waals surface area contributed by atoms with Gasteiger partial charge in [0.25, 0.3) is 5.91 Å². The fourth-order valence-electron chi connectivity index (χ4n) is 6.45. The zero-order valence-electron chi connectivity index (χ0n) is 30.8. The zero-order valence-corrected chi connectivity index (χ0v) is 30.8. The van der Waals surface area contributed by atoms with Gasteiger partial charge >= 0.3 is 12.1 Å². The number of halogens is 1. The van der Waals surface area contributed by atoms with Crippen LogP contribution < -0.4 is 11.1 Å². The Morgan fingerprint density at radius 3 is 2.35 bits per heavy atom. The Bertz CT molecular complexity index is 1890. The quantitative estimate of drug-likeness (QED) is 0.182. The number of piperidine rings is 2. The van der Waals surface area contributed by atoms with Crippen molar-refractivity contribution in [2.75, 3.05) is 50.4 Å². The second-order valence-electron chi connectivity index (χ2n) is 14.5. The number of nitrogens with two attached hydrogens (primary N) is 1. The molecule has 286 valence electrons. The van der Waals surface area contributed by atoms with Crippen LogP contribution in [0.5, 0.6) is 0 Å². The molecule has 0 spiro atoms. The lowest BCUT2D eigenvalue weighted by Gasteiger charge is -2.34. The number of amides is 2. The van der Waals surface area contributed by atoms with Crippen molar-refractivity contribution in [1.29, 1.82) is 0 Å². The Balaban J connectivity index is 1.00. The molecule has 1 atom stereocenters. The highest BCUT2D eigenvalue weighted by Gasteiger charge is 2.30. The van der Waals surface area contributed by atoms with Crippen LogP contribution in [-0.2, 0) is 19.0 Å². The molecular formula is C39H47FN8O6. The number of carbonyl (C=O) groups excluding carboxylic acids is 3. The van der Waals surface area contributed by atoms with E-state index in [0.29, 0.717) is 42.2 Å². The van der Waals surface area contributed by atoms with Crippen LogP contribution in [0, 0.1) is 5.82 Å². The SMILES string of the molecule is CC(C)(C)OC(=O)N1CCC(OCCN2CCC(n3cc(-c4cnc(N)c(C(=O)O[C@@H](C(=O)Nc5ccc(F)cc5)c5ccccc5)n4)cn3)CC2)CC1. The molecule has 14 nitrogen and oxygen atoms in total. The lowest BCUT2D eigenvalue weighted by atomic mass is 10.1. The van der Waals surface area contributed by atoms with E-state index < -0.39 is 29.4 Å². The number of rotatable bonds is 11. The number of esters is 1. The summed E-state index contributed by atoms with van der Waals surface area (Å²) in [5.74, 6) is -2.17. The van der Waals surface area contributed by atoms with Gasteiger partial charge in [-0.3, -0.25) is 9.48 Å². The summed E-state index contributed by atoms with van der Waals surface area (Å²) in [6.45, 7) is 10.2. The van der Waals surface area contributed by atoms with Crippen LogP contribution in [0.2, 0.25) is 0 Å². The number of anilines is 2. The molecule has 0 unspecified atom stereocenters. The molecular weight excluding hydrogens is 695 g/mol. The van der Waals surface area contributed by atoms with Crippen molar-refractivity contribution in [3.8, 4) is 11.3 Å². The highest BCUT2D eigenvalue weighted by atomic mass is 19.1. The van der Waals surface area contributed by atoms with E-state index in [0.717, 1.165) is 45.3 Å². The first-order chi connectivity index (χ1) is 25.9. The van der Waals surface area contributed by atoms with Gasteiger partial charge in [-0.15, -0.1) is 0 Å². The average molecular weight is 743 g/mol. The topological polar surface area (TPSA) is 167 Å². The van der Waals surface area contributed by atoms with Crippen molar-refractivity contribution in [1.82, 2.24) is 29.5 Å². The van der Waals surface area contributed by atoms with Gasteiger partial charge < -0.3 is 35.1 Å². The Kier molecular flexibility index (Phi) is 12.2. The van der Waals surface area contributed by atoms with E-state index >= 15 is 0 Å². The van der Waals surface area contributed by atoms with E-state index in [1.165, 1.54) is 30.5 Å². The summed E-state index contributed by atoms with van der Waals surface area (Å²) in [4.78, 5) is 51.9. The van der Waals surface area contributed by atoms with Gasteiger partial charge in [-0.25, -0.2) is 23.9 Å². The fraction of sp³-hybridized carbons (Fsp3) is 0.436. The molecule has 2 aliphatic heterocycles. The fourth-order valence-corrected chi connectivity index (χ4v) is 6.45. The Hall–Kier alpha value is -5.41. The molecule has 2 aliphatic rings. The molecule has 6 rings (SSSR count). The molecule has 2 fully saturated rings. The van der Waals surface area contributed by atoms with Gasteiger partial charge in [0.05, 0.1) is 36.8 Å². The number of nitrogen functional groups attached to an aromatic ring is 1. The van der Waals surface area contributed by atoms with Crippen LogP contribution in [0.25, 0.3) is 11.3 Å². The number of ether oxygens (including phenoxy) is 3. The normalized spacial score (nSPS) is 16.5. The molecule has 2 amide bonds. The first kappa shape index (κ1) is 38.3. The van der Waals surface area contributed by atoms with Gasteiger partial charge in [0.1, 0.15) is 11.4 Å². The van der Waals surface area contributed by atoms with E-state index in [1.54, 1.807) is 41.4 Å². The summed E-state index contributed by atoms with van der Waals surface area (Å²) >= 11 is 0. The van der Waals surface area contributed by atoms with Crippen LogP contribution in [0.15, 0.2) is 73.2 Å². The van der Waals surface area contributed by atoms with Crippen molar-refractivity contribution in [2.45, 2.75) is 70.3 Å². The van der Waals surface area contributed by atoms with E-state index in [9.17, 15) is 18.8 Å². The molecule has 0 saturated carbocycles. The van der Waals surface area contributed by atoms with Gasteiger partial charge in [-0.05, 0) is 70.7 Å². The summed E-state index contributed by atoms with van der Waals surface area (Å²) in [5, 5.41) is 7.26. The summed E-state index contributed by atoms with van der Waals surface area (Å²) in [6, 6.07) is 13.9. The number of aromatic nitrogens is 4. The van der Waals surface area contributed by atoms with Crippen molar-refractivity contribution < 1.29 is 33.0 Å². The maximum atomic E-state index is 13.5. The monoisotopic (exact) mass is 742 g/mol. The van der Waals surface area contributed by atoms with Crippen LogP contribution in [-0.4, -0.2) is 98.6 Å². The van der Waals surface area contributed by atoms with Crippen molar-refractivity contribution >= 4 is 29.5 Å². The lowest BCUT2D eigenvalue weighted by Crippen LogP contribution is -2.44. The van der Waals surface area contributed by atoms with E-state index in [2.05, 4.69) is 25.3 Å². The van der Waals surface area contributed by atoms with Gasteiger partial charge in [0.2, 0.25) is 6.10 Å². The molecule has 3 N–H and O–H groups in total. The van der Waals surface area contributed by atoms with E-state index in [1.807, 2.05) is 31.6 Å². The van der Waals surface area contributed by atoms with Crippen molar-refractivity contribution in [2.24, 2.45) is 0 Å². The molecule has 54 heavy (non-hydrogen) atoms. The third-order valence-electron chi connectivity index (χ3n) is 9.35. The van der Waals surface area contributed by atoms with E-state index in [-0.39, 0.29) is 29.8 Å². The molecule has 4 aromatic rings. The maximum absolute atomic E-state index is 13.5. The molecule has 0 bridgehead atoms. The standard InChI is InChI=1S/C39H47FN8O6/c1-39(2,3)54-38(51)47-19-15-31(16-20-47)52-22-21-46-17-13-30(14-18-46)48-25-27(23-43-48)32-24-42-35(41)33(45-32)37(50)53-34(26-7-5-4-6-8-26)36(49)44-29-11-9-28(40)10-12-29/h4-12,23-25,30-31,34H,13-22H2,1-3H3,(H2,41,42)(H,44,49)/t34-/m1/s1. The number of hydrogen-bond donors (Lipinski definition) is 2. The van der Waals surface area contributed by atoms with Gasteiger partial charge in [0, 0.05) is 55.7 Å². The zero-order chi connectivity index (χ0) is 38.2. The van der Waals surface area contributed by atoms with Gasteiger partial charge in [-0.2, -0.15) is 5.10 Å². The maximum Gasteiger partial charge on any atom is 0.410 e. The van der Waals surface area contributed by atoms with Crippen LogP contribution >= 0.6 is 0 Å². The molecule has 2 aromatic heterocycles. The number of likely N-dealkylation sites (tertiary alicyclic amines) is 2. The largest absolute Gasteiger partial charge is 0.444 e. The summed E-state index contributed by atoms with van der Waals surface area (Å²) in [6.07, 6.45) is 6.95. The first-order valence-corrected chi connectivity index (χ1v) is 18.2. The smallest absolute Gasteiger partial charge is 0.410 e. The Morgan fingerprint density at radius 1 is 0.963 bits per heavy atom. The number of hydrogen-bond acceptors (Lipinski definition) is 11. The van der Waals surface area contributed by atoms with Crippen molar-refractivity contribution in [3.05, 3.63) is 90.3 Å². The molecule has 4 heterocycles. The Labute approximate surface area is 313 Å². The minimum atomic E-state index is -1.35. The predicted molar refractivity (Wildman–Crippen MR) is 199 cm³/mol. The predicted octanol–water partition coefficient (Wildman–Crippen LogP) is 5.65. The average Bonchev–Trinajstić information content (AvgIpc) is 3.65. The number of nitrogens with one attached hydrogen (secondary N) is 1. The summed E-state index contributed by atoms with van der Waals surface area (Å²) in [5.41, 5.74) is 7.12.